The van der Waals surface area contributed by atoms with E-state index in [2.05, 4.69) is 26.1 Å². The summed E-state index contributed by atoms with van der Waals surface area (Å²) in [5, 5.41) is 4.41. The molecule has 1 amide bonds. The summed E-state index contributed by atoms with van der Waals surface area (Å²) in [6, 6.07) is 3.77. The van der Waals surface area contributed by atoms with Crippen LogP contribution in [-0.4, -0.2) is 47.1 Å². The maximum Gasteiger partial charge on any atom is 0.415 e. The van der Waals surface area contributed by atoms with Crippen LogP contribution in [0.4, 0.5) is 10.6 Å². The van der Waals surface area contributed by atoms with Crippen LogP contribution >= 0.6 is 15.9 Å². The molecule has 182 valence electrons. The molecule has 4 aliphatic carbocycles. The third kappa shape index (κ3) is 4.37. The Hall–Kier alpha value is -2.00. The molecule has 5 fully saturated rings. The quantitative estimate of drug-likeness (QED) is 0.485. The molecule has 0 atom stereocenters. The first-order valence-corrected chi connectivity index (χ1v) is 13.4. The minimum absolute atomic E-state index is 0.0276. The zero-order valence-electron chi connectivity index (χ0n) is 19.4. The zero-order valence-corrected chi connectivity index (χ0v) is 21.0. The first kappa shape index (κ1) is 22.5. The summed E-state index contributed by atoms with van der Waals surface area (Å²) in [5.41, 5.74) is 0.0867. The van der Waals surface area contributed by atoms with Gasteiger partial charge in [0.05, 0.1) is 13.2 Å². The molecule has 0 aromatic carbocycles. The molecule has 4 saturated carbocycles. The normalized spacial score (nSPS) is 29.2. The molecule has 2 aromatic heterocycles. The van der Waals surface area contributed by atoms with Crippen molar-refractivity contribution in [1.29, 1.82) is 0 Å². The predicted molar refractivity (Wildman–Crippen MR) is 128 cm³/mol. The Morgan fingerprint density at radius 1 is 1.12 bits per heavy atom. The SMILES string of the molecule is O=C(OC1CCOCC1)N(CC12CCC(c3noc(C4CC4)n3)(CC1)CC2)c1cc(Br)ccn1. The Morgan fingerprint density at radius 2 is 1.85 bits per heavy atom. The molecule has 0 spiro atoms. The average Bonchev–Trinajstić information content (AvgIpc) is 3.60. The third-order valence-corrected chi connectivity index (χ3v) is 8.87. The second-order valence-electron chi connectivity index (χ2n) is 10.6. The van der Waals surface area contributed by atoms with Crippen molar-refractivity contribution in [3.05, 3.63) is 34.5 Å². The van der Waals surface area contributed by atoms with Crippen molar-refractivity contribution in [2.75, 3.05) is 24.7 Å². The van der Waals surface area contributed by atoms with Crippen molar-refractivity contribution in [3.8, 4) is 0 Å². The Kier molecular flexibility index (Phi) is 5.88. The van der Waals surface area contributed by atoms with Crippen LogP contribution in [0.5, 0.6) is 0 Å². The number of carbonyl (C=O) groups excluding carboxylic acids is 1. The molecule has 8 nitrogen and oxygen atoms in total. The van der Waals surface area contributed by atoms with Gasteiger partial charge in [0, 0.05) is 41.4 Å². The summed E-state index contributed by atoms with van der Waals surface area (Å²) in [6.07, 6.45) is 11.4. The molecule has 2 bridgehead atoms. The number of nitrogens with zero attached hydrogens (tertiary/aromatic N) is 4. The molecule has 2 aromatic rings. The topological polar surface area (TPSA) is 90.6 Å². The highest BCUT2D eigenvalue weighted by molar-refractivity contribution is 9.10. The molecular formula is C25H31BrN4O4. The Balaban J connectivity index is 1.19. The first-order chi connectivity index (χ1) is 16.5. The van der Waals surface area contributed by atoms with Crippen LogP contribution < -0.4 is 4.90 Å². The number of fused-ring (bicyclic) bond motifs is 3. The van der Waals surface area contributed by atoms with E-state index in [1.165, 1.54) is 12.8 Å². The van der Waals surface area contributed by atoms with Gasteiger partial charge >= 0.3 is 6.09 Å². The minimum Gasteiger partial charge on any atom is -0.446 e. The van der Waals surface area contributed by atoms with Gasteiger partial charge in [-0.05, 0) is 68.9 Å². The lowest BCUT2D eigenvalue weighted by Crippen LogP contribution is -2.51. The predicted octanol–water partition coefficient (Wildman–Crippen LogP) is 5.52. The Morgan fingerprint density at radius 3 is 2.53 bits per heavy atom. The highest BCUT2D eigenvalue weighted by Crippen LogP contribution is 2.58. The lowest BCUT2D eigenvalue weighted by molar-refractivity contribution is 0.000677. The number of carbonyl (C=O) groups is 1. The van der Waals surface area contributed by atoms with Crippen LogP contribution in [0.2, 0.25) is 0 Å². The molecule has 0 N–H and O–H groups in total. The van der Waals surface area contributed by atoms with Gasteiger partial charge in [0.25, 0.3) is 0 Å². The van der Waals surface area contributed by atoms with E-state index in [4.69, 9.17) is 19.0 Å². The summed E-state index contributed by atoms with van der Waals surface area (Å²) < 4.78 is 17.9. The second kappa shape index (κ2) is 8.90. The van der Waals surface area contributed by atoms with Gasteiger partial charge in [-0.2, -0.15) is 4.98 Å². The summed E-state index contributed by atoms with van der Waals surface area (Å²) in [5.74, 6) is 2.86. The van der Waals surface area contributed by atoms with Crippen LogP contribution in [0.3, 0.4) is 0 Å². The fourth-order valence-corrected chi connectivity index (χ4v) is 6.22. The summed E-state index contributed by atoms with van der Waals surface area (Å²) in [6.45, 7) is 1.89. The van der Waals surface area contributed by atoms with Crippen LogP contribution in [0.25, 0.3) is 0 Å². The van der Waals surface area contributed by atoms with E-state index >= 15 is 0 Å². The van der Waals surface area contributed by atoms with Crippen LogP contribution in [0.1, 0.15) is 81.8 Å². The Bertz CT molecular complexity index is 1020. The van der Waals surface area contributed by atoms with E-state index < -0.39 is 0 Å². The van der Waals surface area contributed by atoms with Crippen LogP contribution in [-0.2, 0) is 14.9 Å². The highest BCUT2D eigenvalue weighted by atomic mass is 79.9. The van der Waals surface area contributed by atoms with E-state index in [0.29, 0.717) is 31.5 Å². The van der Waals surface area contributed by atoms with Crippen molar-refractivity contribution in [2.45, 2.75) is 81.6 Å². The van der Waals surface area contributed by atoms with Gasteiger partial charge in [-0.1, -0.05) is 21.1 Å². The molecule has 7 rings (SSSR count). The van der Waals surface area contributed by atoms with Crippen molar-refractivity contribution in [1.82, 2.24) is 15.1 Å². The maximum atomic E-state index is 13.4. The molecule has 34 heavy (non-hydrogen) atoms. The zero-order chi connectivity index (χ0) is 23.2. The van der Waals surface area contributed by atoms with Crippen LogP contribution in [0.15, 0.2) is 27.3 Å². The van der Waals surface area contributed by atoms with E-state index in [0.717, 1.165) is 67.6 Å². The summed E-state index contributed by atoms with van der Waals surface area (Å²) >= 11 is 3.53. The lowest BCUT2D eigenvalue weighted by atomic mass is 9.53. The van der Waals surface area contributed by atoms with E-state index in [-0.39, 0.29) is 23.0 Å². The first-order valence-electron chi connectivity index (χ1n) is 12.6. The standard InChI is InChI=1S/C25H31BrN4O4/c26-18-3-12-27-20(15-18)30(23(31)33-19-4-13-32-14-5-19)16-24-6-9-25(10-7-24,11-8-24)22-28-21(34-29-22)17-1-2-17/h3,12,15,17,19H,1-2,4-11,13-14,16H2. The molecule has 9 heteroatoms. The van der Waals surface area contributed by atoms with E-state index in [1.54, 1.807) is 11.1 Å². The van der Waals surface area contributed by atoms with Gasteiger partial charge in [0.2, 0.25) is 5.89 Å². The summed E-state index contributed by atoms with van der Waals surface area (Å²) in [7, 11) is 0. The molecule has 0 radical (unpaired) electrons. The van der Waals surface area contributed by atoms with Gasteiger partial charge < -0.3 is 14.0 Å². The monoisotopic (exact) mass is 530 g/mol. The number of amides is 1. The number of rotatable bonds is 6. The molecule has 5 aliphatic rings. The fraction of sp³-hybridized carbons (Fsp3) is 0.680. The number of pyridine rings is 1. The maximum absolute atomic E-state index is 13.4. The number of ether oxygens (including phenoxy) is 2. The molecule has 3 heterocycles. The fourth-order valence-electron chi connectivity index (χ4n) is 5.90. The number of hydrogen-bond donors (Lipinski definition) is 0. The van der Waals surface area contributed by atoms with Gasteiger partial charge in [0.1, 0.15) is 11.9 Å². The molecule has 1 saturated heterocycles. The van der Waals surface area contributed by atoms with Crippen molar-refractivity contribution in [2.24, 2.45) is 5.41 Å². The second-order valence-corrected chi connectivity index (χ2v) is 11.5. The molecule has 0 unspecified atom stereocenters. The summed E-state index contributed by atoms with van der Waals surface area (Å²) in [4.78, 5) is 24.5. The van der Waals surface area contributed by atoms with Crippen molar-refractivity contribution >= 4 is 27.8 Å². The number of hydrogen-bond acceptors (Lipinski definition) is 7. The number of halogens is 1. The van der Waals surface area contributed by atoms with Crippen molar-refractivity contribution < 1.29 is 18.8 Å². The van der Waals surface area contributed by atoms with E-state index in [9.17, 15) is 4.79 Å². The van der Waals surface area contributed by atoms with Crippen molar-refractivity contribution in [3.63, 3.8) is 0 Å². The van der Waals surface area contributed by atoms with E-state index in [1.807, 2.05) is 12.1 Å². The largest absolute Gasteiger partial charge is 0.446 e. The number of anilines is 1. The van der Waals surface area contributed by atoms with Gasteiger partial charge in [-0.3, -0.25) is 4.90 Å². The third-order valence-electron chi connectivity index (χ3n) is 8.38. The lowest BCUT2D eigenvalue weighted by Gasteiger charge is -2.53. The van der Waals surface area contributed by atoms with Gasteiger partial charge in [-0.15, -0.1) is 0 Å². The van der Waals surface area contributed by atoms with Crippen LogP contribution in [0, 0.1) is 5.41 Å². The molecular weight excluding hydrogens is 500 g/mol. The number of aromatic nitrogens is 3. The van der Waals surface area contributed by atoms with Gasteiger partial charge in [0.15, 0.2) is 5.82 Å². The van der Waals surface area contributed by atoms with Gasteiger partial charge in [-0.25, -0.2) is 9.78 Å². The molecule has 1 aliphatic heterocycles. The average molecular weight is 531 g/mol. The Labute approximate surface area is 207 Å². The minimum atomic E-state index is -0.304. The smallest absolute Gasteiger partial charge is 0.415 e. The highest BCUT2D eigenvalue weighted by Gasteiger charge is 2.53.